The number of hydrogen-bond acceptors (Lipinski definition) is 4. The fourth-order valence-corrected chi connectivity index (χ4v) is 1.87. The molecule has 0 N–H and O–H groups in total. The molecule has 0 aliphatic heterocycles. The molecule has 0 unspecified atom stereocenters. The fourth-order valence-electron chi connectivity index (χ4n) is 1.74. The number of halogens is 1. The van der Waals surface area contributed by atoms with E-state index in [1.165, 1.54) is 7.11 Å². The Morgan fingerprint density at radius 2 is 1.71 bits per heavy atom. The highest BCUT2D eigenvalue weighted by Crippen LogP contribution is 2.18. The van der Waals surface area contributed by atoms with E-state index in [-0.39, 0.29) is 18.0 Å². The molecule has 0 saturated heterocycles. The Kier molecular flexibility index (Phi) is 4.95. The van der Waals surface area contributed by atoms with E-state index < -0.39 is 5.97 Å². The zero-order valence-corrected chi connectivity index (χ0v) is 12.1. The number of benzene rings is 2. The largest absolute Gasteiger partial charge is 0.496 e. The van der Waals surface area contributed by atoms with E-state index in [1.54, 1.807) is 48.5 Å². The Balaban J connectivity index is 2.01. The molecule has 2 rings (SSSR count). The quantitative estimate of drug-likeness (QED) is 0.627. The van der Waals surface area contributed by atoms with Crippen molar-refractivity contribution < 1.29 is 19.1 Å². The SMILES string of the molecule is COc1ccccc1C(=O)OCC(=O)c1ccc(Cl)cc1. The summed E-state index contributed by atoms with van der Waals surface area (Å²) < 4.78 is 10.1. The minimum Gasteiger partial charge on any atom is -0.496 e. The van der Waals surface area contributed by atoms with Crippen LogP contribution in [-0.2, 0) is 4.74 Å². The number of ketones is 1. The highest BCUT2D eigenvalue weighted by atomic mass is 35.5. The maximum Gasteiger partial charge on any atom is 0.342 e. The first-order valence-corrected chi connectivity index (χ1v) is 6.58. The average Bonchev–Trinajstić information content (AvgIpc) is 2.52. The second-order valence-corrected chi connectivity index (χ2v) is 4.64. The van der Waals surface area contributed by atoms with Crippen LogP contribution in [0.25, 0.3) is 0 Å². The van der Waals surface area contributed by atoms with Gasteiger partial charge in [0.2, 0.25) is 0 Å². The summed E-state index contributed by atoms with van der Waals surface area (Å²) in [5.41, 5.74) is 0.719. The standard InChI is InChI=1S/C16H13ClO4/c1-20-15-5-3-2-4-13(15)16(19)21-10-14(18)11-6-8-12(17)9-7-11/h2-9H,10H2,1H3. The number of Topliss-reactive ketones (excluding diaryl/α,β-unsaturated/α-hetero) is 1. The molecule has 0 atom stereocenters. The van der Waals surface area contributed by atoms with Crippen molar-refractivity contribution in [3.8, 4) is 5.75 Å². The van der Waals surface area contributed by atoms with Gasteiger partial charge in [0.15, 0.2) is 12.4 Å². The van der Waals surface area contributed by atoms with Crippen LogP contribution in [-0.4, -0.2) is 25.5 Å². The third kappa shape index (κ3) is 3.83. The molecule has 21 heavy (non-hydrogen) atoms. The lowest BCUT2D eigenvalue weighted by Gasteiger charge is -2.08. The normalized spacial score (nSPS) is 10.0. The highest BCUT2D eigenvalue weighted by molar-refractivity contribution is 6.30. The summed E-state index contributed by atoms with van der Waals surface area (Å²) in [5, 5.41) is 0.539. The number of hydrogen-bond donors (Lipinski definition) is 0. The summed E-state index contributed by atoms with van der Waals surface area (Å²) in [6, 6.07) is 13.1. The smallest absolute Gasteiger partial charge is 0.342 e. The van der Waals surface area contributed by atoms with Gasteiger partial charge in [-0.3, -0.25) is 4.79 Å². The lowest BCUT2D eigenvalue weighted by molar-refractivity contribution is 0.0471. The van der Waals surface area contributed by atoms with Crippen LogP contribution in [0.3, 0.4) is 0 Å². The summed E-state index contributed by atoms with van der Waals surface area (Å²) in [6.07, 6.45) is 0. The fraction of sp³-hybridized carbons (Fsp3) is 0.125. The van der Waals surface area contributed by atoms with Crippen molar-refractivity contribution in [2.45, 2.75) is 0 Å². The van der Waals surface area contributed by atoms with E-state index in [4.69, 9.17) is 21.1 Å². The van der Waals surface area contributed by atoms with Crippen LogP contribution < -0.4 is 4.74 Å². The van der Waals surface area contributed by atoms with Crippen LogP contribution in [0.5, 0.6) is 5.75 Å². The zero-order valence-electron chi connectivity index (χ0n) is 11.3. The van der Waals surface area contributed by atoms with Crippen LogP contribution in [0.1, 0.15) is 20.7 Å². The molecule has 0 heterocycles. The van der Waals surface area contributed by atoms with Crippen molar-refractivity contribution in [1.82, 2.24) is 0 Å². The van der Waals surface area contributed by atoms with Crippen molar-refractivity contribution in [3.63, 3.8) is 0 Å². The number of methoxy groups -OCH3 is 1. The van der Waals surface area contributed by atoms with E-state index in [2.05, 4.69) is 0 Å². The van der Waals surface area contributed by atoms with Crippen LogP contribution in [0, 0.1) is 0 Å². The Morgan fingerprint density at radius 3 is 2.38 bits per heavy atom. The summed E-state index contributed by atoms with van der Waals surface area (Å²) >= 11 is 5.75. The minimum atomic E-state index is -0.602. The first-order valence-electron chi connectivity index (χ1n) is 6.20. The van der Waals surface area contributed by atoms with Crippen LogP contribution in [0.4, 0.5) is 0 Å². The third-order valence-electron chi connectivity index (χ3n) is 2.83. The average molecular weight is 305 g/mol. The first-order chi connectivity index (χ1) is 10.1. The molecular weight excluding hydrogens is 292 g/mol. The van der Waals surface area contributed by atoms with Gasteiger partial charge in [-0.05, 0) is 36.4 Å². The van der Waals surface area contributed by atoms with Crippen LogP contribution in [0.15, 0.2) is 48.5 Å². The van der Waals surface area contributed by atoms with Crippen molar-refractivity contribution in [3.05, 3.63) is 64.7 Å². The first kappa shape index (κ1) is 15.1. The lowest BCUT2D eigenvalue weighted by atomic mass is 10.1. The summed E-state index contributed by atoms with van der Waals surface area (Å²) in [4.78, 5) is 23.8. The molecule has 0 bridgehead atoms. The molecule has 0 radical (unpaired) electrons. The molecule has 0 aliphatic carbocycles. The van der Waals surface area contributed by atoms with Gasteiger partial charge in [-0.2, -0.15) is 0 Å². The second-order valence-electron chi connectivity index (χ2n) is 4.21. The van der Waals surface area contributed by atoms with Gasteiger partial charge >= 0.3 is 5.97 Å². The van der Waals surface area contributed by atoms with Gasteiger partial charge in [0.05, 0.1) is 7.11 Å². The molecule has 108 valence electrons. The number of carbonyl (C=O) groups is 2. The number of esters is 1. The minimum absolute atomic E-state index is 0.281. The molecule has 0 aliphatic rings. The molecule has 5 heteroatoms. The van der Waals surface area contributed by atoms with Crippen molar-refractivity contribution >= 4 is 23.4 Å². The highest BCUT2D eigenvalue weighted by Gasteiger charge is 2.15. The predicted octanol–water partition coefficient (Wildman–Crippen LogP) is 3.39. The number of carbonyl (C=O) groups excluding carboxylic acids is 2. The predicted molar refractivity (Wildman–Crippen MR) is 79.1 cm³/mol. The van der Waals surface area contributed by atoms with E-state index in [0.717, 1.165) is 0 Å². The molecule has 0 spiro atoms. The summed E-state index contributed by atoms with van der Waals surface area (Å²) in [5.74, 6) is -0.494. The zero-order chi connectivity index (χ0) is 15.2. The van der Waals surface area contributed by atoms with Gasteiger partial charge in [-0.15, -0.1) is 0 Å². The summed E-state index contributed by atoms with van der Waals surface area (Å²) in [6.45, 7) is -0.335. The maximum atomic E-state index is 11.9. The molecule has 0 amide bonds. The monoisotopic (exact) mass is 304 g/mol. The Bertz CT molecular complexity index is 650. The molecule has 0 saturated carbocycles. The molecule has 2 aromatic carbocycles. The molecular formula is C16H13ClO4. The molecule has 4 nitrogen and oxygen atoms in total. The van der Waals surface area contributed by atoms with E-state index in [1.807, 2.05) is 0 Å². The van der Waals surface area contributed by atoms with Crippen LogP contribution >= 0.6 is 11.6 Å². The van der Waals surface area contributed by atoms with E-state index >= 15 is 0 Å². The van der Waals surface area contributed by atoms with E-state index in [0.29, 0.717) is 16.3 Å². The Morgan fingerprint density at radius 1 is 1.05 bits per heavy atom. The van der Waals surface area contributed by atoms with Gasteiger partial charge in [0.1, 0.15) is 11.3 Å². The van der Waals surface area contributed by atoms with Gasteiger partial charge in [0, 0.05) is 10.6 Å². The molecule has 0 fully saturated rings. The third-order valence-corrected chi connectivity index (χ3v) is 3.08. The van der Waals surface area contributed by atoms with Crippen molar-refractivity contribution in [2.24, 2.45) is 0 Å². The Labute approximate surface area is 127 Å². The van der Waals surface area contributed by atoms with E-state index in [9.17, 15) is 9.59 Å². The number of rotatable bonds is 5. The molecule has 2 aromatic rings. The lowest BCUT2D eigenvalue weighted by Crippen LogP contribution is -2.14. The van der Waals surface area contributed by atoms with Gasteiger partial charge < -0.3 is 9.47 Å². The second kappa shape index (κ2) is 6.90. The van der Waals surface area contributed by atoms with Crippen molar-refractivity contribution in [2.75, 3.05) is 13.7 Å². The summed E-state index contributed by atoms with van der Waals surface area (Å²) in [7, 11) is 1.46. The van der Waals surface area contributed by atoms with Crippen molar-refractivity contribution in [1.29, 1.82) is 0 Å². The molecule has 0 aromatic heterocycles. The maximum absolute atomic E-state index is 11.9. The topological polar surface area (TPSA) is 52.6 Å². The van der Waals surface area contributed by atoms with Gasteiger partial charge in [-0.25, -0.2) is 4.79 Å². The van der Waals surface area contributed by atoms with Crippen LogP contribution in [0.2, 0.25) is 5.02 Å². The number of para-hydroxylation sites is 1. The Hall–Kier alpha value is -2.33. The van der Waals surface area contributed by atoms with Gasteiger partial charge in [-0.1, -0.05) is 23.7 Å². The number of ether oxygens (including phenoxy) is 2. The van der Waals surface area contributed by atoms with Gasteiger partial charge in [0.25, 0.3) is 0 Å².